The number of hydrogen-bond acceptors (Lipinski definition) is 7. The van der Waals surface area contributed by atoms with Crippen LogP contribution in [0.2, 0.25) is 0 Å². The van der Waals surface area contributed by atoms with Crippen LogP contribution in [-0.4, -0.2) is 51.8 Å². The van der Waals surface area contributed by atoms with Crippen LogP contribution in [0.4, 0.5) is 5.82 Å². The number of sulfone groups is 1. The highest BCUT2D eigenvalue weighted by atomic mass is 32.2. The summed E-state index contributed by atoms with van der Waals surface area (Å²) >= 11 is 0. The Kier molecular flexibility index (Phi) is 4.23. The van der Waals surface area contributed by atoms with E-state index in [1.165, 1.54) is 5.56 Å². The van der Waals surface area contributed by atoms with E-state index in [0.29, 0.717) is 18.8 Å². The number of nitrogens with zero attached hydrogens (tertiary/aromatic N) is 5. The van der Waals surface area contributed by atoms with Gasteiger partial charge in [0.05, 0.1) is 30.2 Å². The van der Waals surface area contributed by atoms with Gasteiger partial charge in [-0.15, -0.1) is 0 Å². The van der Waals surface area contributed by atoms with E-state index >= 15 is 0 Å². The van der Waals surface area contributed by atoms with Gasteiger partial charge in [0.1, 0.15) is 27.6 Å². The van der Waals surface area contributed by atoms with Crippen LogP contribution in [0.25, 0.3) is 0 Å². The zero-order valence-corrected chi connectivity index (χ0v) is 15.8. The number of rotatable bonds is 4. The molecule has 4 rings (SSSR count). The van der Waals surface area contributed by atoms with Crippen LogP contribution < -0.4 is 4.90 Å². The highest BCUT2D eigenvalue weighted by Crippen LogP contribution is 2.31. The molecule has 2 aromatic heterocycles. The molecule has 1 atom stereocenters. The lowest BCUT2D eigenvalue weighted by Crippen LogP contribution is -2.35. The molecule has 26 heavy (non-hydrogen) atoms. The SMILES string of the molecule is Cc1nc2c(c(N3CCn4nc([C@H](O)CS(C)(=O)=O)cc4C3)n1)CCC2. The Morgan fingerprint density at radius 2 is 2.08 bits per heavy atom. The Hall–Kier alpha value is -2.00. The predicted molar refractivity (Wildman–Crippen MR) is 96.7 cm³/mol. The van der Waals surface area contributed by atoms with Crippen LogP contribution in [0.15, 0.2) is 6.07 Å². The van der Waals surface area contributed by atoms with Crippen LogP contribution in [0.3, 0.4) is 0 Å². The number of aromatic nitrogens is 4. The van der Waals surface area contributed by atoms with Gasteiger partial charge < -0.3 is 10.0 Å². The minimum atomic E-state index is -3.26. The second kappa shape index (κ2) is 6.31. The quantitative estimate of drug-likeness (QED) is 0.831. The molecule has 0 saturated heterocycles. The largest absolute Gasteiger partial charge is 0.386 e. The van der Waals surface area contributed by atoms with Crippen LogP contribution in [0, 0.1) is 6.92 Å². The molecule has 0 radical (unpaired) electrons. The second-order valence-corrected chi connectivity index (χ2v) is 9.37. The summed E-state index contributed by atoms with van der Waals surface area (Å²) in [6.07, 6.45) is 3.17. The van der Waals surface area contributed by atoms with Crippen molar-refractivity contribution in [2.45, 2.75) is 45.4 Å². The fourth-order valence-electron chi connectivity index (χ4n) is 3.80. The molecule has 1 aliphatic heterocycles. The van der Waals surface area contributed by atoms with Crippen molar-refractivity contribution in [2.75, 3.05) is 23.5 Å². The van der Waals surface area contributed by atoms with E-state index in [4.69, 9.17) is 0 Å². The van der Waals surface area contributed by atoms with Crippen molar-refractivity contribution in [1.29, 1.82) is 0 Å². The lowest BCUT2D eigenvalue weighted by Gasteiger charge is -2.30. The molecule has 0 spiro atoms. The Bertz CT molecular complexity index is 954. The smallest absolute Gasteiger partial charge is 0.150 e. The molecule has 2 aliphatic rings. The maximum Gasteiger partial charge on any atom is 0.150 e. The average molecular weight is 377 g/mol. The summed E-state index contributed by atoms with van der Waals surface area (Å²) in [4.78, 5) is 11.5. The molecule has 9 heteroatoms. The van der Waals surface area contributed by atoms with Crippen LogP contribution in [0.5, 0.6) is 0 Å². The summed E-state index contributed by atoms with van der Waals surface area (Å²) in [5, 5.41) is 14.6. The summed E-state index contributed by atoms with van der Waals surface area (Å²) in [7, 11) is -3.26. The second-order valence-electron chi connectivity index (χ2n) is 7.19. The van der Waals surface area contributed by atoms with Crippen molar-refractivity contribution in [2.24, 2.45) is 0 Å². The minimum Gasteiger partial charge on any atom is -0.386 e. The van der Waals surface area contributed by atoms with E-state index < -0.39 is 15.9 Å². The fourth-order valence-corrected chi connectivity index (χ4v) is 4.54. The third kappa shape index (κ3) is 3.33. The van der Waals surface area contributed by atoms with Crippen LogP contribution >= 0.6 is 0 Å². The molecular weight excluding hydrogens is 354 g/mol. The zero-order valence-electron chi connectivity index (χ0n) is 15.0. The van der Waals surface area contributed by atoms with E-state index in [0.717, 1.165) is 55.1 Å². The molecule has 0 bridgehead atoms. The van der Waals surface area contributed by atoms with Gasteiger partial charge in [-0.2, -0.15) is 5.10 Å². The monoisotopic (exact) mass is 377 g/mol. The molecule has 0 fully saturated rings. The van der Waals surface area contributed by atoms with Crippen molar-refractivity contribution >= 4 is 15.7 Å². The van der Waals surface area contributed by atoms with Gasteiger partial charge in [-0.1, -0.05) is 0 Å². The molecule has 0 amide bonds. The highest BCUT2D eigenvalue weighted by molar-refractivity contribution is 7.90. The number of anilines is 1. The number of aliphatic hydroxyl groups is 1. The summed E-state index contributed by atoms with van der Waals surface area (Å²) in [5.74, 6) is 1.49. The van der Waals surface area contributed by atoms with E-state index in [9.17, 15) is 13.5 Å². The van der Waals surface area contributed by atoms with Crippen molar-refractivity contribution in [3.63, 3.8) is 0 Å². The van der Waals surface area contributed by atoms with E-state index in [2.05, 4.69) is 20.0 Å². The zero-order chi connectivity index (χ0) is 18.5. The minimum absolute atomic E-state index is 0.314. The molecule has 0 saturated carbocycles. The van der Waals surface area contributed by atoms with Crippen LogP contribution in [-0.2, 0) is 35.8 Å². The first-order valence-electron chi connectivity index (χ1n) is 8.84. The van der Waals surface area contributed by atoms with Gasteiger partial charge in [0.2, 0.25) is 0 Å². The van der Waals surface area contributed by atoms with Gasteiger partial charge in [0.15, 0.2) is 0 Å². The molecule has 1 N–H and O–H groups in total. The molecular formula is C17H23N5O3S. The maximum absolute atomic E-state index is 11.4. The van der Waals surface area contributed by atoms with Gasteiger partial charge >= 0.3 is 0 Å². The first kappa shape index (κ1) is 17.4. The van der Waals surface area contributed by atoms with Crippen molar-refractivity contribution < 1.29 is 13.5 Å². The Labute approximate surface area is 152 Å². The maximum atomic E-state index is 11.4. The molecule has 1 aliphatic carbocycles. The van der Waals surface area contributed by atoms with Gasteiger partial charge in [-0.05, 0) is 32.3 Å². The van der Waals surface area contributed by atoms with Crippen LogP contribution in [0.1, 0.15) is 41.0 Å². The summed E-state index contributed by atoms with van der Waals surface area (Å²) in [5.41, 5.74) is 3.79. The topological polar surface area (TPSA) is 101 Å². The molecule has 0 aromatic carbocycles. The Morgan fingerprint density at radius 1 is 1.27 bits per heavy atom. The Balaban J connectivity index is 1.59. The molecule has 2 aromatic rings. The standard InChI is InChI=1S/C17H23N5O3S/c1-11-18-14-5-3-4-13(14)17(19-11)21-6-7-22-12(9-21)8-15(20-22)16(23)10-26(2,24)25/h8,16,23H,3-7,9-10H2,1-2H3/t16-/m1/s1. The summed E-state index contributed by atoms with van der Waals surface area (Å²) in [6.45, 7) is 4.02. The number of aryl methyl sites for hydroxylation is 2. The van der Waals surface area contributed by atoms with Gasteiger partial charge in [0, 0.05) is 24.1 Å². The van der Waals surface area contributed by atoms with Gasteiger partial charge in [-0.25, -0.2) is 18.4 Å². The molecule has 140 valence electrons. The van der Waals surface area contributed by atoms with Crippen molar-refractivity contribution in [3.8, 4) is 0 Å². The van der Waals surface area contributed by atoms with E-state index in [-0.39, 0.29) is 5.75 Å². The first-order chi connectivity index (χ1) is 12.3. The normalized spacial score (nSPS) is 17.9. The molecule has 8 nitrogen and oxygen atoms in total. The third-order valence-electron chi connectivity index (χ3n) is 4.94. The summed E-state index contributed by atoms with van der Waals surface area (Å²) in [6, 6.07) is 1.80. The third-order valence-corrected chi connectivity index (χ3v) is 5.86. The van der Waals surface area contributed by atoms with E-state index in [1.807, 2.05) is 11.6 Å². The van der Waals surface area contributed by atoms with E-state index in [1.54, 1.807) is 6.07 Å². The van der Waals surface area contributed by atoms with Gasteiger partial charge in [-0.3, -0.25) is 4.68 Å². The number of hydrogen-bond donors (Lipinski definition) is 1. The number of aliphatic hydroxyl groups excluding tert-OH is 1. The Morgan fingerprint density at radius 3 is 2.85 bits per heavy atom. The van der Waals surface area contributed by atoms with Crippen molar-refractivity contribution in [1.82, 2.24) is 19.7 Å². The molecule has 3 heterocycles. The fraction of sp³-hybridized carbons (Fsp3) is 0.588. The lowest BCUT2D eigenvalue weighted by atomic mass is 10.2. The number of fused-ring (bicyclic) bond motifs is 2. The lowest BCUT2D eigenvalue weighted by molar-refractivity contribution is 0.195. The molecule has 0 unspecified atom stereocenters. The predicted octanol–water partition coefficient (Wildman–Crippen LogP) is 0.568. The first-order valence-corrected chi connectivity index (χ1v) is 10.9. The van der Waals surface area contributed by atoms with Crippen molar-refractivity contribution in [3.05, 3.63) is 34.5 Å². The highest BCUT2D eigenvalue weighted by Gasteiger charge is 2.27. The van der Waals surface area contributed by atoms with Gasteiger partial charge in [0.25, 0.3) is 0 Å². The average Bonchev–Trinajstić information content (AvgIpc) is 3.17. The summed E-state index contributed by atoms with van der Waals surface area (Å²) < 4.78 is 24.7.